The average molecular weight is 315 g/mol. The number of rotatable bonds is 6. The molecule has 3 aromatic rings. The van der Waals surface area contributed by atoms with E-state index in [1.807, 2.05) is 6.07 Å². The van der Waals surface area contributed by atoms with Crippen molar-refractivity contribution in [2.45, 2.75) is 6.73 Å². The fourth-order valence-electron chi connectivity index (χ4n) is 1.96. The summed E-state index contributed by atoms with van der Waals surface area (Å²) in [6, 6.07) is 8.69. The standard InChI is InChI=1S/C14H13N5O4/c20-13-11-12(16-18-17-13)15-8-19(11)9-22-6-7-23-14(21)10-4-2-1-3-5-10/h1-5,8H,6-7,9H2,(H,16,17,20). The van der Waals surface area contributed by atoms with Gasteiger partial charge in [-0.25, -0.2) is 14.9 Å². The highest BCUT2D eigenvalue weighted by Crippen LogP contribution is 2.03. The van der Waals surface area contributed by atoms with E-state index in [0.29, 0.717) is 5.56 Å². The lowest BCUT2D eigenvalue weighted by atomic mass is 10.2. The van der Waals surface area contributed by atoms with Crippen LogP contribution in [0.25, 0.3) is 11.2 Å². The molecule has 0 fully saturated rings. The van der Waals surface area contributed by atoms with Crippen LogP contribution in [0.15, 0.2) is 41.5 Å². The highest BCUT2D eigenvalue weighted by Gasteiger charge is 2.09. The van der Waals surface area contributed by atoms with Crippen molar-refractivity contribution in [1.82, 2.24) is 25.0 Å². The van der Waals surface area contributed by atoms with Crippen LogP contribution in [0.2, 0.25) is 0 Å². The Morgan fingerprint density at radius 1 is 1.22 bits per heavy atom. The molecule has 0 aliphatic rings. The van der Waals surface area contributed by atoms with Crippen LogP contribution in [-0.2, 0) is 16.2 Å². The molecule has 9 nitrogen and oxygen atoms in total. The summed E-state index contributed by atoms with van der Waals surface area (Å²) >= 11 is 0. The van der Waals surface area contributed by atoms with Gasteiger partial charge < -0.3 is 14.0 Å². The molecule has 1 aromatic carbocycles. The van der Waals surface area contributed by atoms with Crippen molar-refractivity contribution >= 4 is 17.1 Å². The minimum Gasteiger partial charge on any atom is -0.460 e. The number of aromatic amines is 1. The number of benzene rings is 1. The number of H-pyrrole nitrogens is 1. The molecule has 0 unspecified atom stereocenters. The molecule has 0 spiro atoms. The second kappa shape index (κ2) is 6.79. The molecule has 0 saturated heterocycles. The van der Waals surface area contributed by atoms with E-state index in [1.54, 1.807) is 24.3 Å². The summed E-state index contributed by atoms with van der Waals surface area (Å²) in [4.78, 5) is 27.3. The number of carbonyl (C=O) groups excluding carboxylic acids is 1. The highest BCUT2D eigenvalue weighted by molar-refractivity contribution is 5.89. The third kappa shape index (κ3) is 3.40. The quantitative estimate of drug-likeness (QED) is 0.516. The van der Waals surface area contributed by atoms with E-state index in [2.05, 4.69) is 20.4 Å². The van der Waals surface area contributed by atoms with E-state index in [9.17, 15) is 9.59 Å². The maximum atomic E-state index is 11.7. The third-order valence-corrected chi connectivity index (χ3v) is 3.03. The molecular weight excluding hydrogens is 302 g/mol. The summed E-state index contributed by atoms with van der Waals surface area (Å²) in [6.07, 6.45) is 1.44. The van der Waals surface area contributed by atoms with E-state index in [0.717, 1.165) is 0 Å². The van der Waals surface area contributed by atoms with Crippen LogP contribution in [0.5, 0.6) is 0 Å². The van der Waals surface area contributed by atoms with Crippen molar-refractivity contribution in [3.05, 3.63) is 52.6 Å². The number of hydrogen-bond acceptors (Lipinski definition) is 7. The second-order valence-corrected chi connectivity index (χ2v) is 4.57. The van der Waals surface area contributed by atoms with Crippen LogP contribution in [-0.4, -0.2) is 44.1 Å². The molecule has 0 aliphatic heterocycles. The number of fused-ring (bicyclic) bond motifs is 1. The zero-order valence-corrected chi connectivity index (χ0v) is 12.0. The summed E-state index contributed by atoms with van der Waals surface area (Å²) in [6.45, 7) is 0.388. The van der Waals surface area contributed by atoms with Gasteiger partial charge in [-0.2, -0.15) is 0 Å². The van der Waals surface area contributed by atoms with Gasteiger partial charge in [0, 0.05) is 0 Å². The van der Waals surface area contributed by atoms with Crippen LogP contribution in [0.4, 0.5) is 0 Å². The summed E-state index contributed by atoms with van der Waals surface area (Å²) in [5.41, 5.74) is 0.610. The maximum Gasteiger partial charge on any atom is 0.338 e. The average Bonchev–Trinajstić information content (AvgIpc) is 3.00. The zero-order chi connectivity index (χ0) is 16.1. The van der Waals surface area contributed by atoms with Gasteiger partial charge in [0.1, 0.15) is 13.3 Å². The van der Waals surface area contributed by atoms with Crippen LogP contribution in [0.1, 0.15) is 10.4 Å². The predicted octanol–water partition coefficient (Wildman–Crippen LogP) is 0.346. The number of nitrogens with zero attached hydrogens (tertiary/aromatic N) is 4. The van der Waals surface area contributed by atoms with Gasteiger partial charge in [-0.15, -0.1) is 5.10 Å². The molecule has 0 bridgehead atoms. The van der Waals surface area contributed by atoms with Gasteiger partial charge in [0.05, 0.1) is 18.5 Å². The monoisotopic (exact) mass is 315 g/mol. The Kier molecular flexibility index (Phi) is 4.39. The molecule has 0 amide bonds. The third-order valence-electron chi connectivity index (χ3n) is 3.03. The van der Waals surface area contributed by atoms with Gasteiger partial charge in [-0.05, 0) is 12.1 Å². The van der Waals surface area contributed by atoms with Gasteiger partial charge in [0.15, 0.2) is 5.52 Å². The molecule has 0 radical (unpaired) electrons. The number of aromatic nitrogens is 5. The smallest absolute Gasteiger partial charge is 0.338 e. The lowest BCUT2D eigenvalue weighted by Gasteiger charge is -2.07. The van der Waals surface area contributed by atoms with E-state index < -0.39 is 11.5 Å². The van der Waals surface area contributed by atoms with Crippen molar-refractivity contribution in [1.29, 1.82) is 0 Å². The van der Waals surface area contributed by atoms with Crippen molar-refractivity contribution in [3.8, 4) is 0 Å². The van der Waals surface area contributed by atoms with Gasteiger partial charge in [-0.3, -0.25) is 4.79 Å². The Morgan fingerprint density at radius 3 is 2.87 bits per heavy atom. The van der Waals surface area contributed by atoms with Crippen LogP contribution in [0, 0.1) is 0 Å². The van der Waals surface area contributed by atoms with Crippen LogP contribution >= 0.6 is 0 Å². The van der Waals surface area contributed by atoms with E-state index in [4.69, 9.17) is 9.47 Å². The lowest BCUT2D eigenvalue weighted by Crippen LogP contribution is -2.16. The SMILES string of the molecule is O=C(OCCOCn1cnc2nn[nH]c(=O)c21)c1ccccc1. The van der Waals surface area contributed by atoms with E-state index in [-0.39, 0.29) is 31.1 Å². The number of hydrogen-bond donors (Lipinski definition) is 1. The highest BCUT2D eigenvalue weighted by atomic mass is 16.6. The fourth-order valence-corrected chi connectivity index (χ4v) is 1.96. The van der Waals surface area contributed by atoms with E-state index in [1.165, 1.54) is 10.9 Å². The first kappa shape index (κ1) is 14.9. The Hall–Kier alpha value is -3.07. The Morgan fingerprint density at radius 2 is 2.04 bits per heavy atom. The fraction of sp³-hybridized carbons (Fsp3) is 0.214. The van der Waals surface area contributed by atoms with Crippen molar-refractivity contribution in [2.75, 3.05) is 13.2 Å². The molecule has 23 heavy (non-hydrogen) atoms. The first-order valence-electron chi connectivity index (χ1n) is 6.82. The Bertz CT molecular complexity index is 858. The van der Waals surface area contributed by atoms with Crippen LogP contribution in [0.3, 0.4) is 0 Å². The zero-order valence-electron chi connectivity index (χ0n) is 12.0. The van der Waals surface area contributed by atoms with Gasteiger partial charge >= 0.3 is 5.97 Å². The second-order valence-electron chi connectivity index (χ2n) is 4.57. The number of nitrogens with one attached hydrogen (secondary N) is 1. The Labute approximate surface area is 129 Å². The van der Waals surface area contributed by atoms with Crippen molar-refractivity contribution < 1.29 is 14.3 Å². The lowest BCUT2D eigenvalue weighted by molar-refractivity contribution is 0.0181. The first-order chi connectivity index (χ1) is 11.3. The molecule has 9 heteroatoms. The number of esters is 1. The first-order valence-corrected chi connectivity index (χ1v) is 6.82. The number of ether oxygens (including phenoxy) is 2. The van der Waals surface area contributed by atoms with Gasteiger partial charge in [0.2, 0.25) is 5.65 Å². The minimum atomic E-state index is -0.408. The molecule has 118 valence electrons. The maximum absolute atomic E-state index is 11.7. The molecule has 0 aliphatic carbocycles. The normalized spacial score (nSPS) is 10.8. The summed E-state index contributed by atoms with van der Waals surface area (Å²) < 4.78 is 12.0. The van der Waals surface area contributed by atoms with Crippen LogP contribution < -0.4 is 5.56 Å². The Balaban J connectivity index is 1.48. The summed E-state index contributed by atoms with van der Waals surface area (Å²) in [7, 11) is 0. The topological polar surface area (TPSA) is 112 Å². The number of imidazole rings is 1. The molecule has 2 aromatic heterocycles. The summed E-state index contributed by atoms with van der Waals surface area (Å²) in [5, 5.41) is 9.36. The molecule has 0 saturated carbocycles. The van der Waals surface area contributed by atoms with Gasteiger partial charge in [0.25, 0.3) is 5.56 Å². The molecule has 0 atom stereocenters. The minimum absolute atomic E-state index is 0.0914. The van der Waals surface area contributed by atoms with Crippen molar-refractivity contribution in [2.24, 2.45) is 0 Å². The predicted molar refractivity (Wildman–Crippen MR) is 78.6 cm³/mol. The van der Waals surface area contributed by atoms with Crippen molar-refractivity contribution in [3.63, 3.8) is 0 Å². The number of carbonyl (C=O) groups is 1. The van der Waals surface area contributed by atoms with E-state index >= 15 is 0 Å². The molecular formula is C14H13N5O4. The molecule has 1 N–H and O–H groups in total. The summed E-state index contributed by atoms with van der Waals surface area (Å²) in [5.74, 6) is -0.408. The molecule has 3 rings (SSSR count). The largest absolute Gasteiger partial charge is 0.460 e. The molecule has 2 heterocycles. The van der Waals surface area contributed by atoms with Gasteiger partial charge in [-0.1, -0.05) is 23.4 Å².